The van der Waals surface area contributed by atoms with Crippen LogP contribution in [0.1, 0.15) is 11.7 Å². The predicted octanol–water partition coefficient (Wildman–Crippen LogP) is 1.66. The number of ether oxygens (including phenoxy) is 1. The van der Waals surface area contributed by atoms with Crippen molar-refractivity contribution in [2.75, 3.05) is 0 Å². The third-order valence-electron chi connectivity index (χ3n) is 1.75. The van der Waals surface area contributed by atoms with Gasteiger partial charge in [-0.15, -0.1) is 0 Å². The lowest BCUT2D eigenvalue weighted by Crippen LogP contribution is -1.95. The molecule has 1 heterocycles. The van der Waals surface area contributed by atoms with Crippen LogP contribution in [-0.4, -0.2) is 15.2 Å². The van der Waals surface area contributed by atoms with Crippen molar-refractivity contribution in [2.24, 2.45) is 0 Å². The second-order valence-corrected chi connectivity index (χ2v) is 3.02. The van der Waals surface area contributed by atoms with E-state index in [1.54, 1.807) is 25.1 Å². The van der Waals surface area contributed by atoms with Crippen molar-refractivity contribution >= 4 is 0 Å². The monoisotopic (exact) mass is 206 g/mol. The molecule has 0 fully saturated rings. The summed E-state index contributed by atoms with van der Waals surface area (Å²) in [6.07, 6.45) is 0. The lowest BCUT2D eigenvalue weighted by atomic mass is 10.3. The summed E-state index contributed by atoms with van der Waals surface area (Å²) in [5.41, 5.74) is 0. The van der Waals surface area contributed by atoms with Gasteiger partial charge < -0.3 is 14.4 Å². The second kappa shape index (κ2) is 4.00. The number of aromatic nitrogens is 2. The van der Waals surface area contributed by atoms with Crippen LogP contribution in [-0.2, 0) is 6.61 Å². The molecule has 1 aromatic carbocycles. The number of aryl methyl sites for hydroxylation is 1. The Labute approximate surface area is 86.3 Å². The number of aromatic hydroxyl groups is 1. The molecule has 0 spiro atoms. The van der Waals surface area contributed by atoms with E-state index in [0.717, 1.165) is 0 Å². The first-order valence-corrected chi connectivity index (χ1v) is 4.45. The fourth-order valence-electron chi connectivity index (χ4n) is 1.12. The van der Waals surface area contributed by atoms with Crippen molar-refractivity contribution in [3.05, 3.63) is 36.0 Å². The van der Waals surface area contributed by atoms with Gasteiger partial charge in [-0.3, -0.25) is 0 Å². The minimum atomic E-state index is 0.161. The molecule has 0 aliphatic rings. The normalized spacial score (nSPS) is 10.2. The molecule has 5 heteroatoms. The first-order valence-electron chi connectivity index (χ1n) is 4.45. The van der Waals surface area contributed by atoms with Gasteiger partial charge in [0.15, 0.2) is 12.4 Å². The molecule has 0 aliphatic carbocycles. The van der Waals surface area contributed by atoms with Crippen LogP contribution >= 0.6 is 0 Å². The van der Waals surface area contributed by atoms with Gasteiger partial charge >= 0.3 is 0 Å². The zero-order valence-electron chi connectivity index (χ0n) is 8.17. The van der Waals surface area contributed by atoms with Crippen LogP contribution in [0.4, 0.5) is 0 Å². The number of hydrogen-bond donors (Lipinski definition) is 1. The third-order valence-corrected chi connectivity index (χ3v) is 1.75. The van der Waals surface area contributed by atoms with Crippen molar-refractivity contribution in [2.45, 2.75) is 13.5 Å². The number of nitrogens with zero attached hydrogens (tertiary/aromatic N) is 2. The molecule has 1 aromatic heterocycles. The SMILES string of the molecule is Cc1noc(COc2cccc(O)c2)n1. The summed E-state index contributed by atoms with van der Waals surface area (Å²) in [7, 11) is 0. The molecule has 78 valence electrons. The van der Waals surface area contributed by atoms with Gasteiger partial charge in [0.05, 0.1) is 0 Å². The molecule has 5 nitrogen and oxygen atoms in total. The van der Waals surface area contributed by atoms with Gasteiger partial charge in [-0.2, -0.15) is 4.98 Å². The molecule has 0 unspecified atom stereocenters. The quantitative estimate of drug-likeness (QED) is 0.827. The maximum atomic E-state index is 9.18. The van der Waals surface area contributed by atoms with Gasteiger partial charge in [-0.1, -0.05) is 11.2 Å². The van der Waals surface area contributed by atoms with Gasteiger partial charge in [0, 0.05) is 6.07 Å². The van der Waals surface area contributed by atoms with E-state index in [1.807, 2.05) is 0 Å². The van der Waals surface area contributed by atoms with Gasteiger partial charge in [0.25, 0.3) is 5.89 Å². The molecular weight excluding hydrogens is 196 g/mol. The van der Waals surface area contributed by atoms with Crippen LogP contribution in [0.15, 0.2) is 28.8 Å². The first kappa shape index (κ1) is 9.51. The number of hydrogen-bond acceptors (Lipinski definition) is 5. The van der Waals surface area contributed by atoms with E-state index < -0.39 is 0 Å². The number of benzene rings is 1. The van der Waals surface area contributed by atoms with Crippen LogP contribution in [0.2, 0.25) is 0 Å². The van der Waals surface area contributed by atoms with Gasteiger partial charge in [-0.05, 0) is 19.1 Å². The summed E-state index contributed by atoms with van der Waals surface area (Å²) < 4.78 is 10.2. The molecule has 2 aromatic rings. The number of phenolic OH excluding ortho intramolecular Hbond substituents is 1. The van der Waals surface area contributed by atoms with Gasteiger partial charge in [0.1, 0.15) is 11.5 Å². The Bertz CT molecular complexity index is 453. The van der Waals surface area contributed by atoms with Crippen LogP contribution in [0.5, 0.6) is 11.5 Å². The highest BCUT2D eigenvalue weighted by Gasteiger charge is 2.03. The first-order chi connectivity index (χ1) is 7.24. The molecule has 0 bridgehead atoms. The number of rotatable bonds is 3. The Kier molecular flexibility index (Phi) is 2.53. The summed E-state index contributed by atoms with van der Waals surface area (Å²) in [6, 6.07) is 6.53. The van der Waals surface area contributed by atoms with Crippen LogP contribution in [0, 0.1) is 6.92 Å². The Morgan fingerprint density at radius 1 is 1.47 bits per heavy atom. The summed E-state index contributed by atoms with van der Waals surface area (Å²) >= 11 is 0. The topological polar surface area (TPSA) is 68.4 Å². The van der Waals surface area contributed by atoms with Gasteiger partial charge in [0.2, 0.25) is 0 Å². The predicted molar refractivity (Wildman–Crippen MR) is 51.5 cm³/mol. The zero-order chi connectivity index (χ0) is 10.7. The maximum Gasteiger partial charge on any atom is 0.264 e. The van der Waals surface area contributed by atoms with E-state index in [1.165, 1.54) is 6.07 Å². The minimum Gasteiger partial charge on any atom is -0.508 e. The molecule has 1 N–H and O–H groups in total. The molecule has 0 saturated carbocycles. The fraction of sp³-hybridized carbons (Fsp3) is 0.200. The highest BCUT2D eigenvalue weighted by molar-refractivity contribution is 5.31. The van der Waals surface area contributed by atoms with Crippen molar-refractivity contribution < 1.29 is 14.4 Å². The van der Waals surface area contributed by atoms with Crippen LogP contribution in [0.3, 0.4) is 0 Å². The standard InChI is InChI=1S/C10H10N2O3/c1-7-11-10(15-12-7)6-14-9-4-2-3-8(13)5-9/h2-5,13H,6H2,1H3. The van der Waals surface area contributed by atoms with Gasteiger partial charge in [-0.25, -0.2) is 0 Å². The number of phenols is 1. The molecule has 2 rings (SSSR count). The van der Waals surface area contributed by atoms with E-state index in [9.17, 15) is 5.11 Å². The minimum absolute atomic E-state index is 0.161. The highest BCUT2D eigenvalue weighted by Crippen LogP contribution is 2.18. The van der Waals surface area contributed by atoms with Crippen LogP contribution < -0.4 is 4.74 Å². The van der Waals surface area contributed by atoms with Crippen molar-refractivity contribution in [1.82, 2.24) is 10.1 Å². The van der Waals surface area contributed by atoms with E-state index in [2.05, 4.69) is 10.1 Å². The van der Waals surface area contributed by atoms with E-state index in [-0.39, 0.29) is 12.4 Å². The Morgan fingerprint density at radius 2 is 2.33 bits per heavy atom. The summed E-state index contributed by atoms with van der Waals surface area (Å²) in [5.74, 6) is 1.71. The molecule has 0 amide bonds. The van der Waals surface area contributed by atoms with Crippen molar-refractivity contribution in [3.63, 3.8) is 0 Å². The fourth-order valence-corrected chi connectivity index (χ4v) is 1.12. The van der Waals surface area contributed by atoms with E-state index >= 15 is 0 Å². The average Bonchev–Trinajstić information content (AvgIpc) is 2.62. The molecule has 0 radical (unpaired) electrons. The molecule has 0 saturated heterocycles. The molecule has 15 heavy (non-hydrogen) atoms. The summed E-state index contributed by atoms with van der Waals surface area (Å²) in [5, 5.41) is 12.8. The Hall–Kier alpha value is -2.04. The third kappa shape index (κ3) is 2.46. The Morgan fingerprint density at radius 3 is 3.00 bits per heavy atom. The zero-order valence-corrected chi connectivity index (χ0v) is 8.17. The van der Waals surface area contributed by atoms with E-state index in [4.69, 9.17) is 9.26 Å². The maximum absolute atomic E-state index is 9.18. The highest BCUT2D eigenvalue weighted by atomic mass is 16.5. The Balaban J connectivity index is 1.99. The van der Waals surface area contributed by atoms with Crippen LogP contribution in [0.25, 0.3) is 0 Å². The van der Waals surface area contributed by atoms with Crippen molar-refractivity contribution in [1.29, 1.82) is 0 Å². The van der Waals surface area contributed by atoms with Crippen molar-refractivity contribution in [3.8, 4) is 11.5 Å². The summed E-state index contributed by atoms with van der Waals surface area (Å²) in [6.45, 7) is 1.94. The molecule has 0 aliphatic heterocycles. The second-order valence-electron chi connectivity index (χ2n) is 3.02. The lowest BCUT2D eigenvalue weighted by Gasteiger charge is -2.02. The van der Waals surface area contributed by atoms with E-state index in [0.29, 0.717) is 17.5 Å². The lowest BCUT2D eigenvalue weighted by molar-refractivity contribution is 0.242. The largest absolute Gasteiger partial charge is 0.508 e. The smallest absolute Gasteiger partial charge is 0.264 e. The average molecular weight is 206 g/mol. The molecule has 0 atom stereocenters. The molecular formula is C10H10N2O3. The summed E-state index contributed by atoms with van der Waals surface area (Å²) in [4.78, 5) is 3.98.